The summed E-state index contributed by atoms with van der Waals surface area (Å²) in [6.45, 7) is 8.19. The van der Waals surface area contributed by atoms with Crippen LogP contribution in [-0.4, -0.2) is 15.0 Å². The highest BCUT2D eigenvalue weighted by atomic mass is 19.2. The Morgan fingerprint density at radius 2 is 1.52 bits per heavy atom. The second kappa shape index (κ2) is 6.47. The second-order valence-electron chi connectivity index (χ2n) is 8.16. The van der Waals surface area contributed by atoms with Gasteiger partial charge in [-0.2, -0.15) is 18.3 Å². The van der Waals surface area contributed by atoms with Crippen LogP contribution in [0.1, 0.15) is 31.9 Å². The Balaban J connectivity index is 2.21. The average Bonchev–Trinajstić information content (AvgIpc) is 2.65. The number of nitrogens with zero attached hydrogens (tertiary/aromatic N) is 4. The highest BCUT2D eigenvalue weighted by Gasteiger charge is 2.29. The van der Waals surface area contributed by atoms with Gasteiger partial charge in [-0.3, -0.25) is 0 Å². The molecule has 0 atom stereocenters. The number of rotatable bonds is 1. The minimum atomic E-state index is -1.41. The maximum absolute atomic E-state index is 14.6. The highest BCUT2D eigenvalue weighted by molar-refractivity contribution is 5.97. The molecule has 0 aliphatic rings. The number of aryl methyl sites for hydroxylation is 1. The Bertz CT molecular complexity index is 1290. The summed E-state index contributed by atoms with van der Waals surface area (Å²) in [5.74, 6) is -2.75. The molecule has 0 aliphatic carbocycles. The molecule has 0 saturated carbocycles. The molecule has 0 bridgehead atoms. The third-order valence-corrected chi connectivity index (χ3v) is 5.21. The Labute approximate surface area is 166 Å². The predicted octanol–water partition coefficient (Wildman–Crippen LogP) is 4.69. The Morgan fingerprint density at radius 1 is 0.897 bits per heavy atom. The molecule has 2 heterocycles. The van der Waals surface area contributed by atoms with Crippen LogP contribution in [0.15, 0.2) is 30.3 Å². The van der Waals surface area contributed by atoms with Gasteiger partial charge in [-0.15, -0.1) is 4.39 Å². The van der Waals surface area contributed by atoms with Crippen molar-refractivity contribution in [2.75, 3.05) is 0 Å². The van der Waals surface area contributed by atoms with E-state index in [1.54, 1.807) is 0 Å². The van der Waals surface area contributed by atoms with Crippen LogP contribution in [0, 0.1) is 24.9 Å². The van der Waals surface area contributed by atoms with Gasteiger partial charge >= 0.3 is 11.7 Å². The molecule has 0 saturated heterocycles. The van der Waals surface area contributed by atoms with E-state index in [0.29, 0.717) is 11.3 Å². The van der Waals surface area contributed by atoms with Gasteiger partial charge in [0.25, 0.3) is 11.9 Å². The Kier molecular flexibility index (Phi) is 4.29. The first-order chi connectivity index (χ1) is 13.6. The number of aromatic nitrogens is 4. The molecule has 0 N–H and O–H groups in total. The van der Waals surface area contributed by atoms with Crippen molar-refractivity contribution >= 4 is 21.9 Å². The Hall–Kier alpha value is -3.09. The maximum Gasteiger partial charge on any atom is 0.490 e. The number of hydrogen-bond donors (Lipinski definition) is 0. The SMILES string of the molecule is Cc1c(-c2c3nc(F)c(F)nc3nc(F)[n+]2C)cc(C(C)(C)C)c2ccccc12. The molecule has 4 aromatic rings. The fraction of sp³-hybridized carbons (Fsp3) is 0.273. The standard InChI is InChI=1S/C22H20F3N4/c1-11-12-8-6-7-9-13(12)15(22(2,3)4)10-14(11)17-16-20(28-21(25)29(17)5)27-19(24)18(23)26-16/h6-10H,1-5H3/q+1. The molecule has 0 aliphatic heterocycles. The van der Waals surface area contributed by atoms with Crippen molar-refractivity contribution in [3.8, 4) is 11.3 Å². The van der Waals surface area contributed by atoms with Gasteiger partial charge in [0.15, 0.2) is 11.2 Å². The quantitative estimate of drug-likeness (QED) is 0.346. The zero-order valence-corrected chi connectivity index (χ0v) is 16.8. The summed E-state index contributed by atoms with van der Waals surface area (Å²) in [5.41, 5.74) is 2.42. The van der Waals surface area contributed by atoms with Crippen LogP contribution in [0.25, 0.3) is 33.2 Å². The van der Waals surface area contributed by atoms with E-state index < -0.39 is 18.0 Å². The van der Waals surface area contributed by atoms with Crippen molar-refractivity contribution in [3.63, 3.8) is 0 Å². The minimum Gasteiger partial charge on any atom is -0.205 e. The normalized spacial score (nSPS) is 12.1. The monoisotopic (exact) mass is 397 g/mol. The molecule has 29 heavy (non-hydrogen) atoms. The molecule has 0 radical (unpaired) electrons. The summed E-state index contributed by atoms with van der Waals surface area (Å²) in [6, 6.07) is 9.92. The van der Waals surface area contributed by atoms with Crippen molar-refractivity contribution in [2.24, 2.45) is 7.05 Å². The largest absolute Gasteiger partial charge is 0.490 e. The third-order valence-electron chi connectivity index (χ3n) is 5.21. The summed E-state index contributed by atoms with van der Waals surface area (Å²) >= 11 is 0. The highest BCUT2D eigenvalue weighted by Crippen LogP contribution is 2.38. The predicted molar refractivity (Wildman–Crippen MR) is 105 cm³/mol. The molecular weight excluding hydrogens is 377 g/mol. The van der Waals surface area contributed by atoms with Crippen molar-refractivity contribution < 1.29 is 17.7 Å². The molecule has 7 heteroatoms. The average molecular weight is 397 g/mol. The van der Waals surface area contributed by atoms with Gasteiger partial charge in [0.2, 0.25) is 0 Å². The lowest BCUT2D eigenvalue weighted by molar-refractivity contribution is -0.692. The first-order valence-electron chi connectivity index (χ1n) is 9.21. The molecule has 0 spiro atoms. The lowest BCUT2D eigenvalue weighted by Gasteiger charge is -2.24. The lowest BCUT2D eigenvalue weighted by Crippen LogP contribution is -2.38. The van der Waals surface area contributed by atoms with E-state index in [9.17, 15) is 13.2 Å². The molecule has 0 amide bonds. The van der Waals surface area contributed by atoms with Crippen LogP contribution >= 0.6 is 0 Å². The second-order valence-corrected chi connectivity index (χ2v) is 8.16. The minimum absolute atomic E-state index is 0.00559. The summed E-state index contributed by atoms with van der Waals surface area (Å²) in [4.78, 5) is 10.8. The summed E-state index contributed by atoms with van der Waals surface area (Å²) in [7, 11) is 1.48. The van der Waals surface area contributed by atoms with Gasteiger partial charge < -0.3 is 0 Å². The van der Waals surface area contributed by atoms with E-state index in [4.69, 9.17) is 0 Å². The van der Waals surface area contributed by atoms with Crippen molar-refractivity contribution in [1.82, 2.24) is 15.0 Å². The van der Waals surface area contributed by atoms with Gasteiger partial charge in [-0.05, 0) is 40.3 Å². The topological polar surface area (TPSA) is 42.6 Å². The van der Waals surface area contributed by atoms with Crippen LogP contribution in [0.2, 0.25) is 0 Å². The molecule has 4 nitrogen and oxygen atoms in total. The Morgan fingerprint density at radius 3 is 2.17 bits per heavy atom. The molecule has 2 aromatic heterocycles. The van der Waals surface area contributed by atoms with E-state index in [1.165, 1.54) is 11.6 Å². The number of hydrogen-bond acceptors (Lipinski definition) is 3. The fourth-order valence-corrected chi connectivity index (χ4v) is 3.73. The third kappa shape index (κ3) is 3.01. The van der Waals surface area contributed by atoms with E-state index in [-0.39, 0.29) is 16.6 Å². The van der Waals surface area contributed by atoms with Crippen LogP contribution in [0.5, 0.6) is 0 Å². The lowest BCUT2D eigenvalue weighted by atomic mass is 9.80. The van der Waals surface area contributed by atoms with Gasteiger partial charge in [0.1, 0.15) is 0 Å². The molecule has 0 fully saturated rings. The van der Waals surface area contributed by atoms with Gasteiger partial charge in [0.05, 0.1) is 7.05 Å². The van der Waals surface area contributed by atoms with Crippen LogP contribution in [0.4, 0.5) is 13.2 Å². The first kappa shape index (κ1) is 19.2. The molecule has 148 valence electrons. The van der Waals surface area contributed by atoms with Crippen molar-refractivity contribution in [3.05, 3.63) is 59.4 Å². The molecule has 0 unspecified atom stereocenters. The van der Waals surface area contributed by atoms with Crippen LogP contribution < -0.4 is 4.57 Å². The fourth-order valence-electron chi connectivity index (χ4n) is 3.73. The zero-order chi connectivity index (χ0) is 21.1. The first-order valence-corrected chi connectivity index (χ1v) is 9.21. The van der Waals surface area contributed by atoms with E-state index in [1.807, 2.05) is 37.3 Å². The molecular formula is C22H20F3N4+. The van der Waals surface area contributed by atoms with Crippen molar-refractivity contribution in [2.45, 2.75) is 33.1 Å². The zero-order valence-electron chi connectivity index (χ0n) is 16.8. The van der Waals surface area contributed by atoms with Gasteiger partial charge in [0, 0.05) is 10.5 Å². The summed E-state index contributed by atoms with van der Waals surface area (Å²) in [6.07, 6.45) is -0.863. The maximum atomic E-state index is 14.6. The molecule has 2 aromatic carbocycles. The van der Waals surface area contributed by atoms with Crippen molar-refractivity contribution in [1.29, 1.82) is 0 Å². The number of halogens is 3. The summed E-state index contributed by atoms with van der Waals surface area (Å²) in [5, 5.41) is 2.09. The van der Waals surface area contributed by atoms with Gasteiger partial charge in [-0.25, -0.2) is 4.98 Å². The van der Waals surface area contributed by atoms with Crippen LogP contribution in [-0.2, 0) is 12.5 Å². The number of fused-ring (bicyclic) bond motifs is 2. The van der Waals surface area contributed by atoms with Gasteiger partial charge in [-0.1, -0.05) is 45.0 Å². The van der Waals surface area contributed by atoms with Crippen LogP contribution in [0.3, 0.4) is 0 Å². The molecule has 4 rings (SSSR count). The van der Waals surface area contributed by atoms with E-state index >= 15 is 0 Å². The van der Waals surface area contributed by atoms with E-state index in [2.05, 4.69) is 35.7 Å². The summed E-state index contributed by atoms with van der Waals surface area (Å²) < 4.78 is 43.3. The smallest absolute Gasteiger partial charge is 0.205 e. The number of benzene rings is 2. The van der Waals surface area contributed by atoms with E-state index in [0.717, 1.165) is 21.9 Å².